The summed E-state index contributed by atoms with van der Waals surface area (Å²) in [6.07, 6.45) is 3.57. The lowest BCUT2D eigenvalue weighted by Gasteiger charge is -2.17. The Morgan fingerprint density at radius 2 is 2.26 bits per heavy atom. The molecule has 19 heavy (non-hydrogen) atoms. The second kappa shape index (κ2) is 6.66. The van der Waals surface area contributed by atoms with E-state index in [9.17, 15) is 9.18 Å². The molecule has 1 aromatic carbocycles. The SMILES string of the molecule is CCC(NCCC(=O)NC1CC1)c1cccc(F)c1. The van der Waals surface area contributed by atoms with Gasteiger partial charge in [-0.2, -0.15) is 0 Å². The van der Waals surface area contributed by atoms with Crippen LogP contribution >= 0.6 is 0 Å². The Bertz CT molecular complexity index is 432. The fourth-order valence-corrected chi connectivity index (χ4v) is 2.11. The first-order chi connectivity index (χ1) is 9.19. The van der Waals surface area contributed by atoms with Crippen LogP contribution < -0.4 is 10.6 Å². The van der Waals surface area contributed by atoms with Gasteiger partial charge in [-0.05, 0) is 37.0 Å². The predicted octanol–water partition coefficient (Wildman–Crippen LogP) is 2.54. The van der Waals surface area contributed by atoms with Gasteiger partial charge < -0.3 is 10.6 Å². The van der Waals surface area contributed by atoms with Crippen LogP contribution in [0.25, 0.3) is 0 Å². The van der Waals surface area contributed by atoms with E-state index in [1.54, 1.807) is 12.1 Å². The number of rotatable bonds is 7. The average Bonchev–Trinajstić information content (AvgIpc) is 3.18. The topological polar surface area (TPSA) is 41.1 Å². The zero-order chi connectivity index (χ0) is 13.7. The van der Waals surface area contributed by atoms with Gasteiger partial charge in [-0.1, -0.05) is 19.1 Å². The van der Waals surface area contributed by atoms with Crippen LogP contribution in [0.1, 0.15) is 44.2 Å². The van der Waals surface area contributed by atoms with Gasteiger partial charge >= 0.3 is 0 Å². The van der Waals surface area contributed by atoms with Crippen LogP contribution in [0.3, 0.4) is 0 Å². The number of hydrogen-bond donors (Lipinski definition) is 2. The van der Waals surface area contributed by atoms with Gasteiger partial charge in [0.2, 0.25) is 5.91 Å². The molecule has 4 heteroatoms. The maximum Gasteiger partial charge on any atom is 0.221 e. The van der Waals surface area contributed by atoms with Crippen molar-refractivity contribution >= 4 is 5.91 Å². The van der Waals surface area contributed by atoms with Crippen molar-refractivity contribution in [3.63, 3.8) is 0 Å². The number of hydrogen-bond acceptors (Lipinski definition) is 2. The summed E-state index contributed by atoms with van der Waals surface area (Å²) < 4.78 is 13.2. The van der Waals surface area contributed by atoms with Crippen molar-refractivity contribution in [2.75, 3.05) is 6.54 Å². The minimum atomic E-state index is -0.218. The molecular weight excluding hydrogens is 243 g/mol. The molecule has 2 rings (SSSR count). The van der Waals surface area contributed by atoms with E-state index in [-0.39, 0.29) is 17.8 Å². The normalized spacial score (nSPS) is 16.1. The lowest BCUT2D eigenvalue weighted by molar-refractivity contribution is -0.121. The Kier molecular flexibility index (Phi) is 4.91. The van der Waals surface area contributed by atoms with Crippen molar-refractivity contribution in [2.24, 2.45) is 0 Å². The summed E-state index contributed by atoms with van der Waals surface area (Å²) in [7, 11) is 0. The zero-order valence-corrected chi connectivity index (χ0v) is 11.3. The van der Waals surface area contributed by atoms with Crippen LogP contribution in [-0.4, -0.2) is 18.5 Å². The molecular formula is C15H21FN2O. The largest absolute Gasteiger partial charge is 0.353 e. The van der Waals surface area contributed by atoms with Gasteiger partial charge in [-0.15, -0.1) is 0 Å². The Labute approximate surface area is 113 Å². The smallest absolute Gasteiger partial charge is 0.221 e. The van der Waals surface area contributed by atoms with E-state index in [0.717, 1.165) is 24.8 Å². The fraction of sp³-hybridized carbons (Fsp3) is 0.533. The van der Waals surface area contributed by atoms with E-state index in [0.29, 0.717) is 19.0 Å². The third-order valence-corrected chi connectivity index (χ3v) is 3.34. The molecule has 1 aliphatic carbocycles. The van der Waals surface area contributed by atoms with Crippen molar-refractivity contribution in [3.05, 3.63) is 35.6 Å². The fourth-order valence-electron chi connectivity index (χ4n) is 2.11. The van der Waals surface area contributed by atoms with Crippen molar-refractivity contribution in [1.82, 2.24) is 10.6 Å². The highest BCUT2D eigenvalue weighted by atomic mass is 19.1. The highest BCUT2D eigenvalue weighted by Gasteiger charge is 2.22. The molecule has 0 radical (unpaired) electrons. The molecule has 0 aliphatic heterocycles. The van der Waals surface area contributed by atoms with Crippen molar-refractivity contribution in [2.45, 2.75) is 44.7 Å². The highest BCUT2D eigenvalue weighted by molar-refractivity contribution is 5.76. The Balaban J connectivity index is 1.77. The molecule has 1 aliphatic rings. The van der Waals surface area contributed by atoms with Crippen LogP contribution in [-0.2, 0) is 4.79 Å². The third-order valence-electron chi connectivity index (χ3n) is 3.34. The Hall–Kier alpha value is -1.42. The minimum absolute atomic E-state index is 0.101. The molecule has 1 amide bonds. The van der Waals surface area contributed by atoms with Gasteiger partial charge in [0.05, 0.1) is 0 Å². The number of carbonyl (C=O) groups is 1. The van der Waals surface area contributed by atoms with Gasteiger partial charge in [0.25, 0.3) is 0 Å². The summed E-state index contributed by atoms with van der Waals surface area (Å²) in [4.78, 5) is 11.5. The van der Waals surface area contributed by atoms with E-state index in [4.69, 9.17) is 0 Å². The van der Waals surface area contributed by atoms with Gasteiger partial charge in [0.15, 0.2) is 0 Å². The standard InChI is InChI=1S/C15H21FN2O/c1-2-14(11-4-3-5-12(16)10-11)17-9-8-15(19)18-13-6-7-13/h3-5,10,13-14,17H,2,6-9H2,1H3,(H,18,19). The van der Waals surface area contributed by atoms with Crippen LogP contribution in [0.15, 0.2) is 24.3 Å². The lowest BCUT2D eigenvalue weighted by atomic mass is 10.0. The molecule has 0 saturated heterocycles. The summed E-state index contributed by atoms with van der Waals surface area (Å²) in [5.41, 5.74) is 0.935. The second-order valence-corrected chi connectivity index (χ2v) is 5.06. The second-order valence-electron chi connectivity index (χ2n) is 5.06. The highest BCUT2D eigenvalue weighted by Crippen LogP contribution is 2.19. The quantitative estimate of drug-likeness (QED) is 0.794. The molecule has 0 spiro atoms. The number of halogens is 1. The van der Waals surface area contributed by atoms with Crippen LogP contribution in [0.4, 0.5) is 4.39 Å². The summed E-state index contributed by atoms with van der Waals surface area (Å²) in [6, 6.07) is 7.13. The summed E-state index contributed by atoms with van der Waals surface area (Å²) in [5, 5.41) is 6.27. The first kappa shape index (κ1) is 14.0. The zero-order valence-electron chi connectivity index (χ0n) is 11.3. The van der Waals surface area contributed by atoms with Crippen molar-refractivity contribution in [3.8, 4) is 0 Å². The molecule has 1 saturated carbocycles. The van der Waals surface area contributed by atoms with Crippen molar-refractivity contribution in [1.29, 1.82) is 0 Å². The van der Waals surface area contributed by atoms with Crippen LogP contribution in [0.2, 0.25) is 0 Å². The number of benzene rings is 1. The van der Waals surface area contributed by atoms with Crippen LogP contribution in [0, 0.1) is 5.82 Å². The van der Waals surface area contributed by atoms with E-state index >= 15 is 0 Å². The van der Waals surface area contributed by atoms with Gasteiger partial charge in [0, 0.05) is 25.0 Å². The molecule has 0 bridgehead atoms. The molecule has 2 N–H and O–H groups in total. The molecule has 104 valence electrons. The predicted molar refractivity (Wildman–Crippen MR) is 73.2 cm³/mol. The molecule has 0 heterocycles. The first-order valence-corrected chi connectivity index (χ1v) is 6.97. The molecule has 1 aromatic rings. The maximum atomic E-state index is 13.2. The summed E-state index contributed by atoms with van der Waals surface area (Å²) in [5.74, 6) is -0.117. The summed E-state index contributed by atoms with van der Waals surface area (Å²) in [6.45, 7) is 2.67. The van der Waals surface area contributed by atoms with Crippen LogP contribution in [0.5, 0.6) is 0 Å². The maximum absolute atomic E-state index is 13.2. The van der Waals surface area contributed by atoms with Gasteiger partial charge in [0.1, 0.15) is 5.82 Å². The molecule has 1 atom stereocenters. The van der Waals surface area contributed by atoms with Crippen molar-refractivity contribution < 1.29 is 9.18 Å². The van der Waals surface area contributed by atoms with E-state index in [1.165, 1.54) is 6.07 Å². The molecule has 0 aromatic heterocycles. The lowest BCUT2D eigenvalue weighted by Crippen LogP contribution is -2.30. The molecule has 1 unspecified atom stereocenters. The minimum Gasteiger partial charge on any atom is -0.353 e. The first-order valence-electron chi connectivity index (χ1n) is 6.97. The van der Waals surface area contributed by atoms with E-state index < -0.39 is 0 Å². The molecule has 1 fully saturated rings. The van der Waals surface area contributed by atoms with Gasteiger partial charge in [-0.25, -0.2) is 4.39 Å². The average molecular weight is 264 g/mol. The molecule has 3 nitrogen and oxygen atoms in total. The Morgan fingerprint density at radius 1 is 1.47 bits per heavy atom. The van der Waals surface area contributed by atoms with E-state index in [1.807, 2.05) is 13.0 Å². The monoisotopic (exact) mass is 264 g/mol. The number of nitrogens with one attached hydrogen (secondary N) is 2. The Morgan fingerprint density at radius 3 is 2.89 bits per heavy atom. The van der Waals surface area contributed by atoms with Gasteiger partial charge in [-0.3, -0.25) is 4.79 Å². The number of carbonyl (C=O) groups excluding carboxylic acids is 1. The number of amides is 1. The summed E-state index contributed by atoms with van der Waals surface area (Å²) >= 11 is 0. The third kappa shape index (κ3) is 4.63. The van der Waals surface area contributed by atoms with E-state index in [2.05, 4.69) is 10.6 Å².